The predicted octanol–water partition coefficient (Wildman–Crippen LogP) is 3.51. The van der Waals surface area contributed by atoms with Crippen molar-refractivity contribution in [1.29, 1.82) is 0 Å². The van der Waals surface area contributed by atoms with Gasteiger partial charge in [-0.3, -0.25) is 9.78 Å². The Morgan fingerprint density at radius 1 is 1.17 bits per heavy atom. The highest BCUT2D eigenvalue weighted by molar-refractivity contribution is 7.91. The second-order valence-corrected chi connectivity index (χ2v) is 8.85. The van der Waals surface area contributed by atoms with E-state index in [0.717, 1.165) is 0 Å². The van der Waals surface area contributed by atoms with Crippen LogP contribution in [-0.2, 0) is 16.9 Å². The number of H-pyrrole nitrogens is 1. The number of benzene rings is 1. The van der Waals surface area contributed by atoms with Crippen LogP contribution in [0.4, 0.5) is 0 Å². The average Bonchev–Trinajstić information content (AvgIpc) is 3.16. The Morgan fingerprint density at radius 3 is 2.72 bits per heavy atom. The second kappa shape index (κ2) is 7.21. The molecule has 29 heavy (non-hydrogen) atoms. The number of rotatable bonds is 5. The van der Waals surface area contributed by atoms with Crippen molar-refractivity contribution in [3.05, 3.63) is 71.5 Å². The zero-order valence-corrected chi connectivity index (χ0v) is 16.7. The topological polar surface area (TPSA) is 94.1 Å². The number of hydrogen-bond acceptors (Lipinski definition) is 5. The molecule has 0 radical (unpaired) electrons. The first-order chi connectivity index (χ1) is 13.9. The third-order valence-corrected chi connectivity index (χ3v) is 6.49. The standard InChI is InChI=1S/C21H19N3O4S/c1-3-29(26,27)15-6-7-19(28-14-5-4-9-22-12-14)17(11-15)18-13-23-20-16(18)8-10-24(2)21(20)25/h4-13,23H,3H2,1-2H3. The van der Waals surface area contributed by atoms with Crippen LogP contribution in [0, 0.1) is 0 Å². The molecule has 0 fully saturated rings. The zero-order chi connectivity index (χ0) is 20.6. The van der Waals surface area contributed by atoms with E-state index in [1.807, 2.05) is 6.07 Å². The van der Waals surface area contributed by atoms with Crippen molar-refractivity contribution in [3.63, 3.8) is 0 Å². The maximum Gasteiger partial charge on any atom is 0.274 e. The van der Waals surface area contributed by atoms with Crippen LogP contribution in [-0.4, -0.2) is 28.7 Å². The molecule has 1 aromatic carbocycles. The van der Waals surface area contributed by atoms with Crippen molar-refractivity contribution in [3.8, 4) is 22.6 Å². The summed E-state index contributed by atoms with van der Waals surface area (Å²) in [5, 5.41) is 0.690. The zero-order valence-electron chi connectivity index (χ0n) is 15.9. The van der Waals surface area contributed by atoms with Gasteiger partial charge in [-0.25, -0.2) is 8.42 Å². The third-order valence-electron chi connectivity index (χ3n) is 4.76. The number of fused-ring (bicyclic) bond motifs is 1. The monoisotopic (exact) mass is 409 g/mol. The summed E-state index contributed by atoms with van der Waals surface area (Å²) in [7, 11) is -1.74. The smallest absolute Gasteiger partial charge is 0.274 e. The van der Waals surface area contributed by atoms with Crippen LogP contribution in [0.1, 0.15) is 6.92 Å². The van der Waals surface area contributed by atoms with Gasteiger partial charge in [-0.2, -0.15) is 0 Å². The molecule has 0 saturated heterocycles. The summed E-state index contributed by atoms with van der Waals surface area (Å²) in [5.74, 6) is 0.981. The summed E-state index contributed by atoms with van der Waals surface area (Å²) in [6, 6.07) is 10.1. The minimum absolute atomic E-state index is 0.0102. The van der Waals surface area contributed by atoms with Gasteiger partial charge in [0, 0.05) is 42.2 Å². The molecular weight excluding hydrogens is 390 g/mol. The molecule has 4 rings (SSSR count). The summed E-state index contributed by atoms with van der Waals surface area (Å²) in [6.07, 6.45) is 6.59. The number of aromatic amines is 1. The van der Waals surface area contributed by atoms with Gasteiger partial charge in [-0.15, -0.1) is 0 Å². The molecule has 4 aromatic rings. The Hall–Kier alpha value is -3.39. The lowest BCUT2D eigenvalue weighted by molar-refractivity contribution is 0.481. The number of aromatic nitrogens is 3. The Labute approximate surface area is 167 Å². The molecule has 148 valence electrons. The van der Waals surface area contributed by atoms with Crippen molar-refractivity contribution in [2.75, 3.05) is 5.75 Å². The molecule has 0 amide bonds. The van der Waals surface area contributed by atoms with Crippen molar-refractivity contribution in [2.24, 2.45) is 7.05 Å². The van der Waals surface area contributed by atoms with Gasteiger partial charge in [0.05, 0.1) is 16.8 Å². The number of aryl methyl sites for hydroxylation is 1. The Kier molecular flexibility index (Phi) is 4.71. The van der Waals surface area contributed by atoms with Gasteiger partial charge in [-0.1, -0.05) is 6.92 Å². The van der Waals surface area contributed by atoms with Crippen LogP contribution in [0.3, 0.4) is 0 Å². The van der Waals surface area contributed by atoms with Gasteiger partial charge >= 0.3 is 0 Å². The fourth-order valence-corrected chi connectivity index (χ4v) is 4.05. The highest BCUT2D eigenvalue weighted by Crippen LogP contribution is 2.38. The largest absolute Gasteiger partial charge is 0.455 e. The van der Waals surface area contributed by atoms with Gasteiger partial charge in [0.25, 0.3) is 5.56 Å². The van der Waals surface area contributed by atoms with Crippen molar-refractivity contribution < 1.29 is 13.2 Å². The Balaban J connectivity index is 1.95. The maximum atomic E-state index is 12.4. The normalized spacial score (nSPS) is 11.7. The number of pyridine rings is 2. The molecule has 0 unspecified atom stereocenters. The van der Waals surface area contributed by atoms with Crippen molar-refractivity contribution in [2.45, 2.75) is 11.8 Å². The SMILES string of the molecule is CCS(=O)(=O)c1ccc(Oc2cccnc2)c(-c2c[nH]c3c(=O)n(C)ccc23)c1. The van der Waals surface area contributed by atoms with Crippen molar-refractivity contribution >= 4 is 20.7 Å². The van der Waals surface area contributed by atoms with E-state index in [-0.39, 0.29) is 16.2 Å². The Morgan fingerprint density at radius 2 is 2.00 bits per heavy atom. The molecule has 7 nitrogen and oxygen atoms in total. The van der Waals surface area contributed by atoms with Crippen LogP contribution in [0.2, 0.25) is 0 Å². The van der Waals surface area contributed by atoms with Crippen LogP contribution in [0.5, 0.6) is 11.5 Å². The van der Waals surface area contributed by atoms with E-state index >= 15 is 0 Å². The second-order valence-electron chi connectivity index (χ2n) is 6.57. The van der Waals surface area contributed by atoms with Crippen molar-refractivity contribution in [1.82, 2.24) is 14.5 Å². The molecular formula is C21H19N3O4S. The molecule has 1 N–H and O–H groups in total. The van der Waals surface area contributed by atoms with Gasteiger partial charge in [-0.05, 0) is 36.4 Å². The van der Waals surface area contributed by atoms with E-state index in [4.69, 9.17) is 4.74 Å². The van der Waals surface area contributed by atoms with E-state index in [9.17, 15) is 13.2 Å². The van der Waals surface area contributed by atoms with Crippen LogP contribution >= 0.6 is 0 Å². The maximum absolute atomic E-state index is 12.4. The highest BCUT2D eigenvalue weighted by atomic mass is 32.2. The minimum atomic E-state index is -3.41. The number of sulfone groups is 1. The van der Waals surface area contributed by atoms with Gasteiger partial charge in [0.15, 0.2) is 9.84 Å². The van der Waals surface area contributed by atoms with E-state index in [1.165, 1.54) is 10.6 Å². The number of ether oxygens (including phenoxy) is 1. The quantitative estimate of drug-likeness (QED) is 0.544. The number of hydrogen-bond donors (Lipinski definition) is 1. The summed E-state index contributed by atoms with van der Waals surface area (Å²) >= 11 is 0. The predicted molar refractivity (Wildman–Crippen MR) is 111 cm³/mol. The average molecular weight is 409 g/mol. The summed E-state index contributed by atoms with van der Waals surface area (Å²) in [4.78, 5) is 19.7. The summed E-state index contributed by atoms with van der Waals surface area (Å²) < 4.78 is 32.3. The van der Waals surface area contributed by atoms with Crippen LogP contribution in [0.15, 0.2) is 70.9 Å². The first-order valence-corrected chi connectivity index (χ1v) is 10.7. The van der Waals surface area contributed by atoms with Crippen LogP contribution in [0.25, 0.3) is 22.0 Å². The van der Waals surface area contributed by atoms with Gasteiger partial charge < -0.3 is 14.3 Å². The third kappa shape index (κ3) is 3.42. The molecule has 0 atom stereocenters. The molecule has 8 heteroatoms. The van der Waals surface area contributed by atoms with Crippen LogP contribution < -0.4 is 10.3 Å². The van der Waals surface area contributed by atoms with E-state index in [0.29, 0.717) is 33.5 Å². The first-order valence-electron chi connectivity index (χ1n) is 9.02. The van der Waals surface area contributed by atoms with E-state index < -0.39 is 9.84 Å². The molecule has 0 spiro atoms. The summed E-state index contributed by atoms with van der Waals surface area (Å²) in [5.41, 5.74) is 1.54. The van der Waals surface area contributed by atoms with Gasteiger partial charge in [0.2, 0.25) is 0 Å². The first kappa shape index (κ1) is 18.9. The molecule has 0 saturated carbocycles. The molecule has 0 aliphatic carbocycles. The van der Waals surface area contributed by atoms with Gasteiger partial charge in [0.1, 0.15) is 17.0 Å². The molecule has 0 aliphatic heterocycles. The molecule has 3 aromatic heterocycles. The van der Waals surface area contributed by atoms with E-state index in [1.54, 1.807) is 63.0 Å². The summed E-state index contributed by atoms with van der Waals surface area (Å²) in [6.45, 7) is 1.60. The fraction of sp³-hybridized carbons (Fsp3) is 0.143. The lowest BCUT2D eigenvalue weighted by atomic mass is 10.0. The highest BCUT2D eigenvalue weighted by Gasteiger charge is 2.19. The lowest BCUT2D eigenvalue weighted by Gasteiger charge is -2.13. The Bertz CT molecular complexity index is 1360. The fourth-order valence-electron chi connectivity index (χ4n) is 3.14. The van der Waals surface area contributed by atoms with E-state index in [2.05, 4.69) is 9.97 Å². The number of nitrogens with zero attached hydrogens (tertiary/aromatic N) is 2. The lowest BCUT2D eigenvalue weighted by Crippen LogP contribution is -2.15. The number of nitrogens with one attached hydrogen (secondary N) is 1. The molecule has 0 aliphatic rings. The molecule has 3 heterocycles. The minimum Gasteiger partial charge on any atom is -0.455 e. The molecule has 0 bridgehead atoms.